The van der Waals surface area contributed by atoms with Crippen LogP contribution in [0.5, 0.6) is 0 Å². The number of hydrogen-bond donors (Lipinski definition) is 0. The van der Waals surface area contributed by atoms with Gasteiger partial charge < -0.3 is 9.47 Å². The fraction of sp³-hybridized carbons (Fsp3) is 0.857. The minimum absolute atomic E-state index is 0.0258. The zero-order valence-electron chi connectivity index (χ0n) is 11.4. The normalized spacial score (nSPS) is 31.7. The van der Waals surface area contributed by atoms with Gasteiger partial charge in [0.15, 0.2) is 0 Å². The second-order valence-electron chi connectivity index (χ2n) is 6.08. The summed E-state index contributed by atoms with van der Waals surface area (Å²) >= 11 is 0. The first kappa shape index (κ1) is 13.4. The lowest BCUT2D eigenvalue weighted by Crippen LogP contribution is -2.35. The quantitative estimate of drug-likeness (QED) is 0.725. The van der Waals surface area contributed by atoms with Crippen molar-refractivity contribution in [3.63, 3.8) is 0 Å². The van der Waals surface area contributed by atoms with Gasteiger partial charge in [-0.15, -0.1) is 0 Å². The number of ether oxygens (including phenoxy) is 2. The molecule has 0 aromatic carbocycles. The van der Waals surface area contributed by atoms with E-state index in [0.29, 0.717) is 0 Å². The molecule has 2 aliphatic rings. The van der Waals surface area contributed by atoms with Crippen molar-refractivity contribution >= 4 is 11.9 Å². The first-order valence-electron chi connectivity index (χ1n) is 6.81. The second kappa shape index (κ2) is 4.90. The summed E-state index contributed by atoms with van der Waals surface area (Å²) in [7, 11) is 0. The number of fused-ring (bicyclic) bond motifs is 2. The Morgan fingerprint density at radius 2 is 2.17 bits per heavy atom. The van der Waals surface area contributed by atoms with E-state index in [9.17, 15) is 9.59 Å². The Morgan fingerprint density at radius 3 is 2.83 bits per heavy atom. The first-order valence-corrected chi connectivity index (χ1v) is 6.81. The maximum Gasteiger partial charge on any atom is 0.311 e. The summed E-state index contributed by atoms with van der Waals surface area (Å²) in [6.07, 6.45) is 3.13. The van der Waals surface area contributed by atoms with Gasteiger partial charge in [-0.05, 0) is 39.5 Å². The van der Waals surface area contributed by atoms with Crippen molar-refractivity contribution in [2.45, 2.75) is 52.6 Å². The van der Waals surface area contributed by atoms with Gasteiger partial charge in [-0.3, -0.25) is 9.59 Å². The van der Waals surface area contributed by atoms with Crippen molar-refractivity contribution in [3.05, 3.63) is 0 Å². The molecule has 1 saturated heterocycles. The van der Waals surface area contributed by atoms with Gasteiger partial charge in [0.25, 0.3) is 0 Å². The summed E-state index contributed by atoms with van der Waals surface area (Å²) in [5, 5.41) is 0. The minimum Gasteiger partial charge on any atom is -0.462 e. The van der Waals surface area contributed by atoms with Crippen molar-refractivity contribution in [3.8, 4) is 0 Å². The van der Waals surface area contributed by atoms with Gasteiger partial charge in [0, 0.05) is 5.92 Å². The molecule has 1 aliphatic heterocycles. The average molecular weight is 254 g/mol. The monoisotopic (exact) mass is 254 g/mol. The fourth-order valence-electron chi connectivity index (χ4n) is 2.56. The van der Waals surface area contributed by atoms with Crippen molar-refractivity contribution in [2.24, 2.45) is 17.3 Å². The number of cyclic esters (lactones) is 1. The summed E-state index contributed by atoms with van der Waals surface area (Å²) in [6, 6.07) is 0. The Bertz CT molecular complexity index is 348. The van der Waals surface area contributed by atoms with Gasteiger partial charge in [0.1, 0.15) is 12.7 Å². The second-order valence-corrected chi connectivity index (χ2v) is 6.08. The summed E-state index contributed by atoms with van der Waals surface area (Å²) in [5.74, 6) is 0.0122. The molecule has 3 atom stereocenters. The molecule has 0 amide bonds. The summed E-state index contributed by atoms with van der Waals surface area (Å²) in [5.41, 5.74) is -0.464. The van der Waals surface area contributed by atoms with E-state index < -0.39 is 5.41 Å². The van der Waals surface area contributed by atoms with Gasteiger partial charge >= 0.3 is 11.9 Å². The fourth-order valence-corrected chi connectivity index (χ4v) is 2.56. The van der Waals surface area contributed by atoms with E-state index in [-0.39, 0.29) is 36.5 Å². The smallest absolute Gasteiger partial charge is 0.311 e. The van der Waals surface area contributed by atoms with Crippen LogP contribution in [0.4, 0.5) is 0 Å². The highest BCUT2D eigenvalue weighted by atomic mass is 16.6. The van der Waals surface area contributed by atoms with Gasteiger partial charge in [0.05, 0.1) is 11.3 Å². The van der Waals surface area contributed by atoms with Crippen LogP contribution < -0.4 is 0 Å². The summed E-state index contributed by atoms with van der Waals surface area (Å²) < 4.78 is 10.8. The van der Waals surface area contributed by atoms with Gasteiger partial charge in [-0.25, -0.2) is 0 Å². The Morgan fingerprint density at radius 1 is 1.44 bits per heavy atom. The van der Waals surface area contributed by atoms with Crippen LogP contribution in [0.2, 0.25) is 0 Å². The third-order valence-electron chi connectivity index (χ3n) is 4.42. The molecule has 4 heteroatoms. The molecule has 0 spiro atoms. The lowest BCUT2D eigenvalue weighted by Gasteiger charge is -2.27. The lowest BCUT2D eigenvalue weighted by molar-refractivity contribution is -0.169. The Hall–Kier alpha value is -1.06. The molecule has 0 aromatic heterocycles. The highest BCUT2D eigenvalue weighted by Crippen LogP contribution is 2.38. The van der Waals surface area contributed by atoms with E-state index in [2.05, 4.69) is 0 Å². The third-order valence-corrected chi connectivity index (χ3v) is 4.42. The number of esters is 2. The van der Waals surface area contributed by atoms with Crippen LogP contribution >= 0.6 is 0 Å². The molecule has 2 fully saturated rings. The van der Waals surface area contributed by atoms with Crippen LogP contribution in [0, 0.1) is 17.3 Å². The highest BCUT2D eigenvalue weighted by Gasteiger charge is 2.42. The SMILES string of the molecule is CCC(C)(C)C(=O)OC1COC(=O)C2CCC1C2. The van der Waals surface area contributed by atoms with Crippen molar-refractivity contribution in [1.82, 2.24) is 0 Å². The molecule has 1 heterocycles. The molecule has 102 valence electrons. The summed E-state index contributed by atoms with van der Waals surface area (Å²) in [4.78, 5) is 23.7. The molecule has 0 N–H and O–H groups in total. The molecule has 4 nitrogen and oxygen atoms in total. The molecule has 1 aliphatic carbocycles. The number of carbonyl (C=O) groups excluding carboxylic acids is 2. The number of carbonyl (C=O) groups is 2. The van der Waals surface area contributed by atoms with Crippen molar-refractivity contribution in [2.75, 3.05) is 6.61 Å². The van der Waals surface area contributed by atoms with Crippen molar-refractivity contribution < 1.29 is 19.1 Å². The largest absolute Gasteiger partial charge is 0.462 e. The zero-order chi connectivity index (χ0) is 13.3. The lowest BCUT2D eigenvalue weighted by atomic mass is 9.90. The van der Waals surface area contributed by atoms with Crippen LogP contribution in [0.1, 0.15) is 46.5 Å². The average Bonchev–Trinajstić information content (AvgIpc) is 2.77. The van der Waals surface area contributed by atoms with Crippen LogP contribution in [-0.2, 0) is 19.1 Å². The molecule has 2 bridgehead atoms. The maximum absolute atomic E-state index is 12.1. The van der Waals surface area contributed by atoms with Crippen LogP contribution in [0.3, 0.4) is 0 Å². The highest BCUT2D eigenvalue weighted by molar-refractivity contribution is 5.76. The van der Waals surface area contributed by atoms with Crippen LogP contribution in [0.25, 0.3) is 0 Å². The topological polar surface area (TPSA) is 52.6 Å². The molecular weight excluding hydrogens is 232 g/mol. The third kappa shape index (κ3) is 2.52. The van der Waals surface area contributed by atoms with E-state index in [1.165, 1.54) is 0 Å². The van der Waals surface area contributed by atoms with E-state index in [1.807, 2.05) is 20.8 Å². The van der Waals surface area contributed by atoms with Crippen molar-refractivity contribution in [1.29, 1.82) is 0 Å². The first-order chi connectivity index (χ1) is 8.44. The van der Waals surface area contributed by atoms with E-state index in [4.69, 9.17) is 9.47 Å². The molecule has 0 aromatic rings. The van der Waals surface area contributed by atoms with E-state index in [1.54, 1.807) is 0 Å². The van der Waals surface area contributed by atoms with E-state index in [0.717, 1.165) is 25.7 Å². The predicted octanol–water partition coefficient (Wildman–Crippen LogP) is 2.31. The molecule has 2 rings (SSSR count). The minimum atomic E-state index is -0.464. The van der Waals surface area contributed by atoms with Gasteiger partial charge in [-0.1, -0.05) is 6.92 Å². The Balaban J connectivity index is 2.01. The molecule has 0 radical (unpaired) electrons. The standard InChI is InChI=1S/C14H22O4/c1-4-14(2,3)13(16)18-11-8-17-12(15)10-6-5-9(11)7-10/h9-11H,4-8H2,1-3H3. The predicted molar refractivity (Wildman–Crippen MR) is 65.7 cm³/mol. The zero-order valence-corrected chi connectivity index (χ0v) is 11.4. The molecule has 3 unspecified atom stereocenters. The Kier molecular flexibility index (Phi) is 3.64. The maximum atomic E-state index is 12.1. The van der Waals surface area contributed by atoms with Crippen LogP contribution in [0.15, 0.2) is 0 Å². The van der Waals surface area contributed by atoms with Gasteiger partial charge in [0.2, 0.25) is 0 Å². The number of rotatable bonds is 3. The molecular formula is C14H22O4. The molecule has 18 heavy (non-hydrogen) atoms. The van der Waals surface area contributed by atoms with Crippen LogP contribution in [-0.4, -0.2) is 24.6 Å². The van der Waals surface area contributed by atoms with Gasteiger partial charge in [-0.2, -0.15) is 0 Å². The number of hydrogen-bond acceptors (Lipinski definition) is 4. The van der Waals surface area contributed by atoms with E-state index >= 15 is 0 Å². The summed E-state index contributed by atoms with van der Waals surface area (Å²) in [6.45, 7) is 5.97. The molecule has 1 saturated carbocycles. The Labute approximate surface area is 108 Å².